The van der Waals surface area contributed by atoms with Crippen LogP contribution in [-0.2, 0) is 4.79 Å². The van der Waals surface area contributed by atoms with Crippen LogP contribution < -0.4 is 4.74 Å². The van der Waals surface area contributed by atoms with E-state index >= 15 is 0 Å². The van der Waals surface area contributed by atoms with Gasteiger partial charge in [-0.25, -0.2) is 4.99 Å². The van der Waals surface area contributed by atoms with Crippen molar-refractivity contribution in [3.63, 3.8) is 0 Å². The Balaban J connectivity index is 2.33. The molecule has 2 rings (SSSR count). The summed E-state index contributed by atoms with van der Waals surface area (Å²) in [6, 6.07) is 10.6. The third kappa shape index (κ3) is 3.05. The van der Waals surface area contributed by atoms with E-state index in [4.69, 9.17) is 15.3 Å². The van der Waals surface area contributed by atoms with E-state index in [1.165, 1.54) is 18.7 Å². The number of carbonyl (C=O) groups excluding carboxylic acids is 1. The first kappa shape index (κ1) is 13.9. The van der Waals surface area contributed by atoms with Gasteiger partial charge in [-0.05, 0) is 12.1 Å². The highest BCUT2D eigenvalue weighted by Crippen LogP contribution is 2.30. The lowest BCUT2D eigenvalue weighted by Crippen LogP contribution is -2.04. The predicted molar refractivity (Wildman–Crippen MR) is 75.0 cm³/mol. The van der Waals surface area contributed by atoms with E-state index in [2.05, 4.69) is 4.99 Å². The number of rotatable bonds is 2. The van der Waals surface area contributed by atoms with Gasteiger partial charge in [0.1, 0.15) is 22.9 Å². The van der Waals surface area contributed by atoms with Crippen LogP contribution in [0.3, 0.4) is 0 Å². The Hall–Kier alpha value is -2.57. The largest absolute Gasteiger partial charge is 0.427 e. The first-order valence-corrected chi connectivity index (χ1v) is 6.66. The smallest absolute Gasteiger partial charge is 0.308 e. The van der Waals surface area contributed by atoms with Gasteiger partial charge >= 0.3 is 5.97 Å². The second-order valence-electron chi connectivity index (χ2n) is 3.87. The van der Waals surface area contributed by atoms with Crippen molar-refractivity contribution in [2.24, 2.45) is 4.99 Å². The molecule has 0 amide bonds. The van der Waals surface area contributed by atoms with E-state index in [0.29, 0.717) is 16.5 Å². The zero-order chi connectivity index (χ0) is 14.5. The molecule has 0 aliphatic carbocycles. The lowest BCUT2D eigenvalue weighted by Gasteiger charge is -2.03. The number of hydrogen-bond donors (Lipinski definition) is 0. The molecule has 6 heteroatoms. The summed E-state index contributed by atoms with van der Waals surface area (Å²) in [5.74, 6) is 0.633. The fourth-order valence-corrected chi connectivity index (χ4v) is 2.54. The number of carbonyl (C=O) groups is 1. The maximum absolute atomic E-state index is 10.9. The molecule has 0 spiro atoms. The van der Waals surface area contributed by atoms with Crippen molar-refractivity contribution >= 4 is 23.4 Å². The fourth-order valence-electron chi connectivity index (χ4n) is 1.63. The molecule has 0 saturated carbocycles. The second-order valence-corrected chi connectivity index (χ2v) is 4.84. The summed E-state index contributed by atoms with van der Waals surface area (Å²) in [5, 5.41) is 18.1. The van der Waals surface area contributed by atoms with Gasteiger partial charge < -0.3 is 4.74 Å². The summed E-state index contributed by atoms with van der Waals surface area (Å²) in [7, 11) is 0. The number of hydrogen-bond acceptors (Lipinski definition) is 6. The molecule has 1 aliphatic heterocycles. The molecule has 1 aromatic rings. The van der Waals surface area contributed by atoms with Crippen LogP contribution in [-0.4, -0.2) is 17.4 Å². The van der Waals surface area contributed by atoms with Crippen molar-refractivity contribution in [3.05, 3.63) is 40.4 Å². The summed E-state index contributed by atoms with van der Waals surface area (Å²) in [4.78, 5) is 15.2. The topological polar surface area (TPSA) is 86.2 Å². The minimum atomic E-state index is -0.387. The van der Waals surface area contributed by atoms with Gasteiger partial charge in [0.05, 0.1) is 5.71 Å². The Morgan fingerprint density at radius 2 is 2.15 bits per heavy atom. The van der Waals surface area contributed by atoms with Crippen LogP contribution in [0.2, 0.25) is 0 Å². The summed E-state index contributed by atoms with van der Waals surface area (Å²) in [5.41, 5.74) is 1.57. The monoisotopic (exact) mass is 283 g/mol. The van der Waals surface area contributed by atoms with Gasteiger partial charge in [0.2, 0.25) is 0 Å². The van der Waals surface area contributed by atoms with E-state index in [1.807, 2.05) is 18.2 Å². The third-order valence-electron chi connectivity index (χ3n) is 2.45. The van der Waals surface area contributed by atoms with Gasteiger partial charge in [-0.3, -0.25) is 4.79 Å². The van der Waals surface area contributed by atoms with Crippen LogP contribution >= 0.6 is 11.8 Å². The lowest BCUT2D eigenvalue weighted by molar-refractivity contribution is -0.131. The number of ether oxygens (including phenoxy) is 1. The first-order valence-electron chi connectivity index (χ1n) is 5.67. The number of esters is 1. The molecule has 98 valence electrons. The van der Waals surface area contributed by atoms with Crippen LogP contribution in [0.4, 0.5) is 0 Å². The minimum Gasteiger partial charge on any atom is -0.427 e. The van der Waals surface area contributed by atoms with Crippen molar-refractivity contribution in [1.82, 2.24) is 0 Å². The summed E-state index contributed by atoms with van der Waals surface area (Å²) >= 11 is 1.35. The molecule has 1 heterocycles. The number of benzene rings is 1. The lowest BCUT2D eigenvalue weighted by atomic mass is 10.1. The summed E-state index contributed by atoms with van der Waals surface area (Å²) in [6.07, 6.45) is 0. The van der Waals surface area contributed by atoms with Gasteiger partial charge in [-0.15, -0.1) is 0 Å². The molecule has 0 radical (unpaired) electrons. The maximum Gasteiger partial charge on any atom is 0.308 e. The Bertz CT molecular complexity index is 692. The summed E-state index contributed by atoms with van der Waals surface area (Å²) in [6.45, 7) is 1.34. The van der Waals surface area contributed by atoms with E-state index in [9.17, 15) is 4.79 Å². The molecule has 0 fully saturated rings. The van der Waals surface area contributed by atoms with Crippen LogP contribution in [0.5, 0.6) is 5.75 Å². The van der Waals surface area contributed by atoms with Gasteiger partial charge in [-0.2, -0.15) is 10.5 Å². The highest BCUT2D eigenvalue weighted by molar-refractivity contribution is 8.04. The molecule has 0 bridgehead atoms. The molecule has 0 aromatic heterocycles. The van der Waals surface area contributed by atoms with Crippen LogP contribution in [0.15, 0.2) is 39.9 Å². The number of thioether (sulfide) groups is 1. The first-order chi connectivity index (χ1) is 9.63. The number of aliphatic imine (C=N–C) groups is 1. The van der Waals surface area contributed by atoms with E-state index in [1.54, 1.807) is 18.2 Å². The van der Waals surface area contributed by atoms with Gasteiger partial charge in [0.15, 0.2) is 5.57 Å². The number of nitriles is 2. The normalized spacial score (nSPS) is 13.2. The Morgan fingerprint density at radius 1 is 1.40 bits per heavy atom. The molecule has 1 aliphatic rings. The molecular formula is C14H9N3O2S. The van der Waals surface area contributed by atoms with E-state index in [0.717, 1.165) is 11.3 Å². The molecule has 0 saturated heterocycles. The number of allylic oxidation sites excluding steroid dienone is 1. The molecule has 0 unspecified atom stereocenters. The standard InChI is InChI=1S/C14H9N3O2S/c1-9(18)19-12-4-2-3-10(5-12)13-8-20-14(17-13)11(6-15)7-16/h2-5H,8H2,1H3. The molecule has 1 aromatic carbocycles. The SMILES string of the molecule is CC(=O)Oc1cccc(C2=NC(=C(C#N)C#N)SC2)c1. The average molecular weight is 283 g/mol. The second kappa shape index (κ2) is 6.05. The quantitative estimate of drug-likeness (QED) is 0.472. The molecular weight excluding hydrogens is 274 g/mol. The van der Waals surface area contributed by atoms with Crippen LogP contribution in [0, 0.1) is 22.7 Å². The Kier molecular flexibility index (Phi) is 4.19. The number of nitrogens with zero attached hydrogens (tertiary/aromatic N) is 3. The van der Waals surface area contributed by atoms with Crippen molar-refractivity contribution in [2.75, 3.05) is 5.75 Å². The van der Waals surface area contributed by atoms with Crippen molar-refractivity contribution in [2.45, 2.75) is 6.92 Å². The predicted octanol–water partition coefficient (Wildman–Crippen LogP) is 2.41. The average Bonchev–Trinajstić information content (AvgIpc) is 2.89. The zero-order valence-electron chi connectivity index (χ0n) is 10.6. The highest BCUT2D eigenvalue weighted by Gasteiger charge is 2.18. The van der Waals surface area contributed by atoms with Crippen molar-refractivity contribution < 1.29 is 9.53 Å². The molecule has 5 nitrogen and oxygen atoms in total. The van der Waals surface area contributed by atoms with E-state index < -0.39 is 0 Å². The van der Waals surface area contributed by atoms with Crippen molar-refractivity contribution in [1.29, 1.82) is 10.5 Å². The molecule has 20 heavy (non-hydrogen) atoms. The molecule has 0 N–H and O–H groups in total. The highest BCUT2D eigenvalue weighted by atomic mass is 32.2. The Morgan fingerprint density at radius 3 is 2.80 bits per heavy atom. The van der Waals surface area contributed by atoms with Crippen LogP contribution in [0.1, 0.15) is 12.5 Å². The molecule has 0 atom stereocenters. The summed E-state index contributed by atoms with van der Waals surface area (Å²) < 4.78 is 5.01. The van der Waals surface area contributed by atoms with Gasteiger partial charge in [0.25, 0.3) is 0 Å². The fraction of sp³-hybridized carbons (Fsp3) is 0.143. The van der Waals surface area contributed by atoms with Crippen molar-refractivity contribution in [3.8, 4) is 17.9 Å². The Labute approximate surface area is 120 Å². The van der Waals surface area contributed by atoms with Crippen LogP contribution in [0.25, 0.3) is 0 Å². The van der Waals surface area contributed by atoms with Gasteiger partial charge in [-0.1, -0.05) is 23.9 Å². The minimum absolute atomic E-state index is 0.0149. The zero-order valence-corrected chi connectivity index (χ0v) is 11.4. The van der Waals surface area contributed by atoms with Gasteiger partial charge in [0, 0.05) is 18.2 Å². The third-order valence-corrected chi connectivity index (χ3v) is 3.44. The van der Waals surface area contributed by atoms with E-state index in [-0.39, 0.29) is 11.5 Å². The maximum atomic E-state index is 10.9.